The molecule has 0 amide bonds. The fraction of sp³-hybridized carbons (Fsp3) is 1.00. The van der Waals surface area contributed by atoms with Gasteiger partial charge in [-0.25, -0.2) is 0 Å². The Labute approximate surface area is 136 Å². The normalized spacial score (nSPS) is 21.0. The summed E-state index contributed by atoms with van der Waals surface area (Å²) >= 11 is 0. The van der Waals surface area contributed by atoms with E-state index in [2.05, 4.69) is 73.6 Å². The van der Waals surface area contributed by atoms with Crippen LogP contribution in [0.2, 0.25) is 58.9 Å². The zero-order chi connectivity index (χ0) is 16.5. The SMILES string of the molecule is C[Si](C)(C)CN1CN(C[Si](C)(C)C)CN(C[Si](C)(C)C)C1. The van der Waals surface area contributed by atoms with Crippen LogP contribution in [-0.2, 0) is 0 Å². The summed E-state index contributed by atoms with van der Waals surface area (Å²) < 4.78 is 0. The van der Waals surface area contributed by atoms with E-state index in [1.807, 2.05) is 0 Å². The van der Waals surface area contributed by atoms with Crippen LogP contribution in [0.1, 0.15) is 0 Å². The molecule has 1 aliphatic heterocycles. The summed E-state index contributed by atoms with van der Waals surface area (Å²) in [7, 11) is -3.08. The highest BCUT2D eigenvalue weighted by atomic mass is 28.3. The van der Waals surface area contributed by atoms with Crippen molar-refractivity contribution in [3.63, 3.8) is 0 Å². The van der Waals surface area contributed by atoms with Gasteiger partial charge >= 0.3 is 0 Å². The average molecular weight is 346 g/mol. The molecule has 0 N–H and O–H groups in total. The van der Waals surface area contributed by atoms with Gasteiger partial charge in [-0.1, -0.05) is 58.9 Å². The highest BCUT2D eigenvalue weighted by Gasteiger charge is 2.31. The second kappa shape index (κ2) is 6.97. The summed E-state index contributed by atoms with van der Waals surface area (Å²) in [5.41, 5.74) is 0. The molecule has 21 heavy (non-hydrogen) atoms. The van der Waals surface area contributed by atoms with Crippen LogP contribution < -0.4 is 0 Å². The van der Waals surface area contributed by atoms with Crippen molar-refractivity contribution in [3.05, 3.63) is 0 Å². The minimum atomic E-state index is -1.03. The van der Waals surface area contributed by atoms with Gasteiger partial charge in [0.15, 0.2) is 0 Å². The van der Waals surface area contributed by atoms with E-state index in [0.717, 1.165) is 0 Å². The van der Waals surface area contributed by atoms with Crippen LogP contribution in [-0.4, -0.2) is 77.4 Å². The average Bonchev–Trinajstić information content (AvgIpc) is 2.06. The fourth-order valence-electron chi connectivity index (χ4n) is 3.30. The molecule has 1 rings (SSSR count). The van der Waals surface area contributed by atoms with Crippen LogP contribution in [0.5, 0.6) is 0 Å². The van der Waals surface area contributed by atoms with E-state index in [1.165, 1.54) is 38.5 Å². The molecular formula is C15H39N3Si3. The van der Waals surface area contributed by atoms with Crippen LogP contribution in [0.4, 0.5) is 0 Å². The molecule has 0 spiro atoms. The van der Waals surface area contributed by atoms with Crippen LogP contribution in [0.25, 0.3) is 0 Å². The lowest BCUT2D eigenvalue weighted by molar-refractivity contribution is -0.00350. The third-order valence-corrected chi connectivity index (χ3v) is 7.48. The van der Waals surface area contributed by atoms with Crippen molar-refractivity contribution < 1.29 is 0 Å². The largest absolute Gasteiger partial charge is 0.280 e. The molecule has 1 saturated heterocycles. The van der Waals surface area contributed by atoms with E-state index in [-0.39, 0.29) is 0 Å². The van der Waals surface area contributed by atoms with Gasteiger partial charge in [-0.2, -0.15) is 0 Å². The molecule has 1 heterocycles. The van der Waals surface area contributed by atoms with Gasteiger partial charge in [0, 0.05) is 0 Å². The summed E-state index contributed by atoms with van der Waals surface area (Å²) in [4.78, 5) is 8.15. The van der Waals surface area contributed by atoms with Gasteiger partial charge in [-0.15, -0.1) is 0 Å². The predicted molar refractivity (Wildman–Crippen MR) is 105 cm³/mol. The summed E-state index contributed by atoms with van der Waals surface area (Å²) in [6.45, 7) is 26.0. The maximum Gasteiger partial charge on any atom is 0.0600 e. The Kier molecular flexibility index (Phi) is 6.49. The van der Waals surface area contributed by atoms with E-state index in [9.17, 15) is 0 Å². The van der Waals surface area contributed by atoms with E-state index < -0.39 is 24.2 Å². The molecule has 0 bridgehead atoms. The molecule has 0 aromatic carbocycles. The summed E-state index contributed by atoms with van der Waals surface area (Å²) in [5, 5.41) is 0. The number of hydrogen-bond donors (Lipinski definition) is 0. The molecule has 0 atom stereocenters. The lowest BCUT2D eigenvalue weighted by Gasteiger charge is -2.46. The van der Waals surface area contributed by atoms with Crippen molar-refractivity contribution in [3.8, 4) is 0 Å². The zero-order valence-electron chi connectivity index (χ0n) is 16.1. The maximum atomic E-state index is 2.72. The van der Waals surface area contributed by atoms with E-state index in [4.69, 9.17) is 0 Å². The Bertz CT molecular complexity index is 270. The van der Waals surface area contributed by atoms with E-state index >= 15 is 0 Å². The van der Waals surface area contributed by atoms with E-state index in [1.54, 1.807) is 0 Å². The molecule has 1 aliphatic rings. The lowest BCUT2D eigenvalue weighted by atomic mass is 10.6. The number of nitrogens with zero attached hydrogens (tertiary/aromatic N) is 3. The fourth-order valence-corrected chi connectivity index (χ4v) is 7.92. The second-order valence-corrected chi connectivity index (χ2v) is 26.9. The summed E-state index contributed by atoms with van der Waals surface area (Å²) in [6, 6.07) is 0. The van der Waals surface area contributed by atoms with Gasteiger partial charge in [0.25, 0.3) is 0 Å². The molecule has 0 aliphatic carbocycles. The first-order valence-corrected chi connectivity index (χ1v) is 19.5. The van der Waals surface area contributed by atoms with Gasteiger partial charge < -0.3 is 0 Å². The first-order chi connectivity index (χ1) is 9.23. The number of hydrogen-bond acceptors (Lipinski definition) is 3. The molecule has 126 valence electrons. The van der Waals surface area contributed by atoms with Gasteiger partial charge in [-0.3, -0.25) is 14.7 Å². The monoisotopic (exact) mass is 345 g/mol. The third-order valence-electron chi connectivity index (χ3n) is 3.29. The first kappa shape index (κ1) is 19.6. The van der Waals surface area contributed by atoms with Gasteiger partial charge in [0.2, 0.25) is 0 Å². The van der Waals surface area contributed by atoms with Crippen molar-refractivity contribution in [1.29, 1.82) is 0 Å². The van der Waals surface area contributed by atoms with Gasteiger partial charge in [-0.05, 0) is 18.5 Å². The van der Waals surface area contributed by atoms with Gasteiger partial charge in [0.05, 0.1) is 44.2 Å². The minimum absolute atomic E-state index is 1.03. The maximum absolute atomic E-state index is 2.72. The Morgan fingerprint density at radius 2 is 0.667 bits per heavy atom. The zero-order valence-corrected chi connectivity index (χ0v) is 19.1. The molecular weight excluding hydrogens is 306 g/mol. The molecule has 0 aromatic heterocycles. The third kappa shape index (κ3) is 9.30. The molecule has 1 fully saturated rings. The standard InChI is InChI=1S/C15H39N3Si3/c1-19(2,3)13-16-10-17(14-20(4,5)6)12-18(11-16)15-21(7,8)9/h10-15H2,1-9H3. The van der Waals surface area contributed by atoms with Gasteiger partial charge in [0.1, 0.15) is 0 Å². The Morgan fingerprint density at radius 3 is 0.810 bits per heavy atom. The summed E-state index contributed by atoms with van der Waals surface area (Å²) in [6.07, 6.45) is 3.99. The first-order valence-electron chi connectivity index (χ1n) is 8.41. The molecule has 3 nitrogen and oxygen atoms in total. The van der Waals surface area contributed by atoms with Crippen molar-refractivity contribution >= 4 is 24.2 Å². The summed E-state index contributed by atoms with van der Waals surface area (Å²) in [5.74, 6) is 0. The van der Waals surface area contributed by atoms with Crippen LogP contribution >= 0.6 is 0 Å². The van der Waals surface area contributed by atoms with Crippen LogP contribution in [0, 0.1) is 0 Å². The Hall–Kier alpha value is 0.531. The van der Waals surface area contributed by atoms with E-state index in [0.29, 0.717) is 0 Å². The Balaban J connectivity index is 2.73. The predicted octanol–water partition coefficient (Wildman–Crippen LogP) is 3.41. The second-order valence-electron chi connectivity index (χ2n) is 10.6. The molecule has 0 radical (unpaired) electrons. The Morgan fingerprint density at radius 1 is 0.476 bits per heavy atom. The smallest absolute Gasteiger partial charge is 0.0600 e. The van der Waals surface area contributed by atoms with Crippen molar-refractivity contribution in [1.82, 2.24) is 14.7 Å². The molecule has 0 aromatic rings. The molecule has 6 heteroatoms. The number of rotatable bonds is 6. The highest BCUT2D eigenvalue weighted by molar-refractivity contribution is 6.77. The van der Waals surface area contributed by atoms with Crippen LogP contribution in [0.15, 0.2) is 0 Å². The highest BCUT2D eigenvalue weighted by Crippen LogP contribution is 2.16. The molecule has 0 unspecified atom stereocenters. The quantitative estimate of drug-likeness (QED) is 0.683. The minimum Gasteiger partial charge on any atom is -0.280 e. The topological polar surface area (TPSA) is 9.72 Å². The molecule has 0 saturated carbocycles. The van der Waals surface area contributed by atoms with Crippen molar-refractivity contribution in [2.24, 2.45) is 0 Å². The lowest BCUT2D eigenvalue weighted by Crippen LogP contribution is -2.61. The van der Waals surface area contributed by atoms with Crippen molar-refractivity contribution in [2.45, 2.75) is 58.9 Å². The van der Waals surface area contributed by atoms with Crippen LogP contribution in [0.3, 0.4) is 0 Å². The van der Waals surface area contributed by atoms with Crippen molar-refractivity contribution in [2.75, 3.05) is 38.5 Å².